The topological polar surface area (TPSA) is 72.1 Å². The van der Waals surface area contributed by atoms with E-state index in [-0.39, 0.29) is 0 Å². The Morgan fingerprint density at radius 3 is 2.58 bits per heavy atom. The third kappa shape index (κ3) is 2.34. The van der Waals surface area contributed by atoms with Crippen molar-refractivity contribution >= 4 is 17.9 Å². The van der Waals surface area contributed by atoms with Gasteiger partial charge < -0.3 is 15.5 Å². The van der Waals surface area contributed by atoms with Gasteiger partial charge in [-0.15, -0.1) is 0 Å². The lowest BCUT2D eigenvalue weighted by Gasteiger charge is -2.30. The zero-order chi connectivity index (χ0) is 13.2. The first kappa shape index (κ1) is 12.2. The monoisotopic (exact) mass is 277 g/mol. The molecule has 100 valence electrons. The van der Waals surface area contributed by atoms with Gasteiger partial charge in [-0.05, 0) is 36.5 Å². The molecule has 0 saturated carbocycles. The molecule has 1 aromatic carbocycles. The number of nitrogens with one attached hydrogen (secondary N) is 1. The van der Waals surface area contributed by atoms with Crippen LogP contribution in [0.25, 0.3) is 11.4 Å². The van der Waals surface area contributed by atoms with Gasteiger partial charge in [-0.2, -0.15) is 5.10 Å². The first-order chi connectivity index (χ1) is 9.25. The van der Waals surface area contributed by atoms with Gasteiger partial charge in [-0.1, -0.05) is 0 Å². The molecule has 3 N–H and O–H groups in total. The summed E-state index contributed by atoms with van der Waals surface area (Å²) in [5.41, 5.74) is 7.42. The fourth-order valence-corrected chi connectivity index (χ4v) is 2.37. The van der Waals surface area contributed by atoms with Gasteiger partial charge in [0.2, 0.25) is 4.77 Å². The number of nitrogen functional groups attached to an aromatic ring is 1. The van der Waals surface area contributed by atoms with Crippen LogP contribution in [0.15, 0.2) is 24.3 Å². The Morgan fingerprint density at radius 2 is 1.89 bits per heavy atom. The Kier molecular flexibility index (Phi) is 3.22. The van der Waals surface area contributed by atoms with Gasteiger partial charge in [0.05, 0.1) is 26.3 Å². The Balaban J connectivity index is 2.02. The van der Waals surface area contributed by atoms with Crippen LogP contribution in [0, 0.1) is 4.77 Å². The van der Waals surface area contributed by atoms with Crippen LogP contribution in [0.3, 0.4) is 0 Å². The van der Waals surface area contributed by atoms with E-state index in [0.29, 0.717) is 18.0 Å². The quantitative estimate of drug-likeness (QED) is 0.636. The highest BCUT2D eigenvalue weighted by Crippen LogP contribution is 2.19. The Morgan fingerprint density at radius 1 is 1.21 bits per heavy atom. The minimum atomic E-state index is 0.591. The number of nitrogens with zero attached hydrogens (tertiary/aromatic N) is 3. The first-order valence-electron chi connectivity index (χ1n) is 6.12. The minimum absolute atomic E-state index is 0.591. The van der Waals surface area contributed by atoms with E-state index in [2.05, 4.69) is 15.2 Å². The lowest BCUT2D eigenvalue weighted by molar-refractivity contribution is 0.111. The lowest BCUT2D eigenvalue weighted by atomic mass is 10.2. The van der Waals surface area contributed by atoms with Crippen molar-refractivity contribution in [1.29, 1.82) is 0 Å². The van der Waals surface area contributed by atoms with Crippen LogP contribution in [-0.4, -0.2) is 41.2 Å². The van der Waals surface area contributed by atoms with Crippen LogP contribution in [0.5, 0.6) is 0 Å². The number of hydrogen-bond donors (Lipinski definition) is 2. The maximum atomic E-state index is 5.71. The number of hydrogen-bond acceptors (Lipinski definition) is 5. The molecule has 7 heteroatoms. The molecule has 6 nitrogen and oxygen atoms in total. The van der Waals surface area contributed by atoms with Crippen molar-refractivity contribution in [3.63, 3.8) is 0 Å². The molecule has 1 aromatic heterocycles. The number of aromatic amines is 1. The largest absolute Gasteiger partial charge is 0.399 e. The lowest BCUT2D eigenvalue weighted by Crippen LogP contribution is -2.44. The molecule has 2 aromatic rings. The molecule has 0 atom stereocenters. The van der Waals surface area contributed by atoms with Crippen molar-refractivity contribution in [3.05, 3.63) is 29.0 Å². The molecule has 3 rings (SSSR count). The zero-order valence-corrected chi connectivity index (χ0v) is 11.2. The van der Waals surface area contributed by atoms with Crippen LogP contribution in [0.1, 0.15) is 0 Å². The smallest absolute Gasteiger partial charge is 0.214 e. The molecule has 0 bridgehead atoms. The number of rotatable bonds is 2. The van der Waals surface area contributed by atoms with Crippen LogP contribution in [0.2, 0.25) is 0 Å². The molecule has 0 amide bonds. The molecular formula is C12H15N5OS. The molecule has 1 aliphatic rings. The third-order valence-corrected chi connectivity index (χ3v) is 3.35. The fourth-order valence-electron chi connectivity index (χ4n) is 2.13. The minimum Gasteiger partial charge on any atom is -0.399 e. The fraction of sp³-hybridized carbons (Fsp3) is 0.333. The molecule has 0 aliphatic carbocycles. The van der Waals surface area contributed by atoms with Gasteiger partial charge in [-0.25, -0.2) is 9.77 Å². The van der Waals surface area contributed by atoms with Crippen LogP contribution in [0.4, 0.5) is 5.69 Å². The Labute approximate surface area is 115 Å². The standard InChI is InChI=1S/C12H15N5OS/c13-10-3-1-9(2-4-10)11-14-15-12(19)17(11)16-5-7-18-8-6-16/h1-4H,5-8,13H2,(H,15,19). The normalized spacial score (nSPS) is 15.7. The summed E-state index contributed by atoms with van der Waals surface area (Å²) in [6.45, 7) is 3.01. The highest BCUT2D eigenvalue weighted by molar-refractivity contribution is 7.71. The number of H-pyrrole nitrogens is 1. The molecule has 1 aliphatic heterocycles. The van der Waals surface area contributed by atoms with E-state index in [9.17, 15) is 0 Å². The summed E-state index contributed by atoms with van der Waals surface area (Å²) >= 11 is 5.32. The molecule has 0 radical (unpaired) electrons. The number of benzene rings is 1. The summed E-state index contributed by atoms with van der Waals surface area (Å²) < 4.78 is 7.89. The maximum absolute atomic E-state index is 5.71. The summed E-state index contributed by atoms with van der Waals surface area (Å²) in [6, 6.07) is 7.60. The van der Waals surface area contributed by atoms with Crippen molar-refractivity contribution in [1.82, 2.24) is 14.9 Å². The van der Waals surface area contributed by atoms with Gasteiger partial charge in [0.25, 0.3) is 0 Å². The number of nitrogens with two attached hydrogens (primary N) is 1. The van der Waals surface area contributed by atoms with Crippen molar-refractivity contribution in [3.8, 4) is 11.4 Å². The highest BCUT2D eigenvalue weighted by atomic mass is 32.1. The van der Waals surface area contributed by atoms with Crippen molar-refractivity contribution < 1.29 is 4.74 Å². The Hall–Kier alpha value is -1.86. The molecule has 0 spiro atoms. The maximum Gasteiger partial charge on any atom is 0.214 e. The van der Waals surface area contributed by atoms with E-state index in [1.54, 1.807) is 0 Å². The van der Waals surface area contributed by atoms with E-state index >= 15 is 0 Å². The number of morpholine rings is 1. The molecule has 1 saturated heterocycles. The zero-order valence-electron chi connectivity index (χ0n) is 10.4. The summed E-state index contributed by atoms with van der Waals surface area (Å²) in [7, 11) is 0. The van der Waals surface area contributed by atoms with Crippen LogP contribution < -0.4 is 10.7 Å². The summed E-state index contributed by atoms with van der Waals surface area (Å²) in [5, 5.41) is 9.30. The van der Waals surface area contributed by atoms with E-state index in [1.807, 2.05) is 28.9 Å². The summed E-state index contributed by atoms with van der Waals surface area (Å²) in [6.07, 6.45) is 0. The van der Waals surface area contributed by atoms with E-state index in [1.165, 1.54) is 0 Å². The molecular weight excluding hydrogens is 262 g/mol. The van der Waals surface area contributed by atoms with E-state index in [4.69, 9.17) is 22.7 Å². The molecule has 2 heterocycles. The molecule has 1 fully saturated rings. The summed E-state index contributed by atoms with van der Waals surface area (Å²) in [4.78, 5) is 0. The van der Waals surface area contributed by atoms with E-state index in [0.717, 1.165) is 30.2 Å². The average molecular weight is 277 g/mol. The third-order valence-electron chi connectivity index (χ3n) is 3.09. The van der Waals surface area contributed by atoms with Crippen molar-refractivity contribution in [2.24, 2.45) is 0 Å². The molecule has 19 heavy (non-hydrogen) atoms. The Bertz CT molecular complexity index is 612. The van der Waals surface area contributed by atoms with Gasteiger partial charge in [0, 0.05) is 11.3 Å². The molecule has 0 unspecified atom stereocenters. The number of aromatic nitrogens is 3. The predicted molar refractivity (Wildman–Crippen MR) is 76.0 cm³/mol. The van der Waals surface area contributed by atoms with Gasteiger partial charge >= 0.3 is 0 Å². The van der Waals surface area contributed by atoms with Gasteiger partial charge in [0.15, 0.2) is 5.82 Å². The van der Waals surface area contributed by atoms with Gasteiger partial charge in [0.1, 0.15) is 0 Å². The second kappa shape index (κ2) is 5.02. The SMILES string of the molecule is Nc1ccc(-c2n[nH]c(=S)n2N2CCOCC2)cc1. The predicted octanol–water partition coefficient (Wildman–Crippen LogP) is 1.16. The van der Waals surface area contributed by atoms with Crippen molar-refractivity contribution in [2.75, 3.05) is 37.0 Å². The number of anilines is 1. The van der Waals surface area contributed by atoms with Crippen LogP contribution >= 0.6 is 12.2 Å². The van der Waals surface area contributed by atoms with Crippen molar-refractivity contribution in [2.45, 2.75) is 0 Å². The second-order valence-corrected chi connectivity index (χ2v) is 4.74. The second-order valence-electron chi connectivity index (χ2n) is 4.35. The first-order valence-corrected chi connectivity index (χ1v) is 6.53. The number of ether oxygens (including phenoxy) is 1. The van der Waals surface area contributed by atoms with E-state index < -0.39 is 0 Å². The summed E-state index contributed by atoms with van der Waals surface area (Å²) in [5.74, 6) is 0.798. The average Bonchev–Trinajstić information content (AvgIpc) is 2.82. The highest BCUT2D eigenvalue weighted by Gasteiger charge is 2.17. The van der Waals surface area contributed by atoms with Gasteiger partial charge in [-0.3, -0.25) is 0 Å². The van der Waals surface area contributed by atoms with Crippen LogP contribution in [-0.2, 0) is 4.74 Å².